The SMILES string of the molecule is CCC(C)NP(N)(N)=O. The van der Waals surface area contributed by atoms with E-state index in [2.05, 4.69) is 5.09 Å². The molecule has 1 atom stereocenters. The van der Waals surface area contributed by atoms with Crippen molar-refractivity contribution in [2.24, 2.45) is 11.0 Å². The van der Waals surface area contributed by atoms with Crippen LogP contribution in [-0.2, 0) is 4.57 Å². The summed E-state index contributed by atoms with van der Waals surface area (Å²) in [5, 5.41) is 2.58. The van der Waals surface area contributed by atoms with Crippen molar-refractivity contribution < 1.29 is 4.57 Å². The first kappa shape index (κ1) is 9.11. The third-order valence-corrected chi connectivity index (χ3v) is 1.88. The summed E-state index contributed by atoms with van der Waals surface area (Å²) in [6.07, 6.45) is 0.873. The summed E-state index contributed by atoms with van der Waals surface area (Å²) in [4.78, 5) is 0. The molecule has 0 aliphatic carbocycles. The molecule has 0 fully saturated rings. The number of hydrogen-bond donors (Lipinski definition) is 3. The first-order valence-electron chi connectivity index (χ1n) is 2.90. The minimum absolute atomic E-state index is 0.130. The maximum Gasteiger partial charge on any atom is 0.274 e. The van der Waals surface area contributed by atoms with Gasteiger partial charge < -0.3 is 0 Å². The van der Waals surface area contributed by atoms with Gasteiger partial charge in [-0.25, -0.2) is 5.09 Å². The zero-order chi connectivity index (χ0) is 7.49. The lowest BCUT2D eigenvalue weighted by molar-refractivity contribution is 0.547. The first-order chi connectivity index (χ1) is 3.95. The van der Waals surface area contributed by atoms with Crippen molar-refractivity contribution >= 4 is 7.59 Å². The van der Waals surface area contributed by atoms with Crippen molar-refractivity contribution in [2.75, 3.05) is 0 Å². The average molecular weight is 151 g/mol. The molecule has 0 aliphatic rings. The lowest BCUT2D eigenvalue weighted by atomic mass is 10.3. The van der Waals surface area contributed by atoms with Crippen LogP contribution in [0, 0.1) is 0 Å². The summed E-state index contributed by atoms with van der Waals surface area (Å²) in [5.41, 5.74) is 10.1. The van der Waals surface area contributed by atoms with Crippen molar-refractivity contribution in [3.8, 4) is 0 Å². The van der Waals surface area contributed by atoms with Gasteiger partial charge in [0.15, 0.2) is 0 Å². The van der Waals surface area contributed by atoms with Crippen LogP contribution >= 0.6 is 7.59 Å². The minimum atomic E-state index is -2.99. The van der Waals surface area contributed by atoms with E-state index in [1.165, 1.54) is 0 Å². The fourth-order valence-electron chi connectivity index (χ4n) is 0.436. The van der Waals surface area contributed by atoms with Crippen molar-refractivity contribution in [3.63, 3.8) is 0 Å². The molecule has 9 heavy (non-hydrogen) atoms. The van der Waals surface area contributed by atoms with Crippen LogP contribution in [0.2, 0.25) is 0 Å². The van der Waals surface area contributed by atoms with E-state index in [9.17, 15) is 4.57 Å². The third kappa shape index (κ3) is 5.99. The zero-order valence-corrected chi connectivity index (χ0v) is 6.69. The Hall–Kier alpha value is 0.110. The molecule has 0 radical (unpaired) electrons. The molecule has 0 saturated heterocycles. The van der Waals surface area contributed by atoms with Crippen LogP contribution < -0.4 is 16.1 Å². The summed E-state index contributed by atoms with van der Waals surface area (Å²) in [6.45, 7) is 3.85. The predicted octanol–water partition coefficient (Wildman–Crippen LogP) is 0.400. The summed E-state index contributed by atoms with van der Waals surface area (Å²) < 4.78 is 10.6. The Morgan fingerprint density at radius 2 is 2.11 bits per heavy atom. The van der Waals surface area contributed by atoms with Gasteiger partial charge in [-0.2, -0.15) is 0 Å². The standard InChI is InChI=1S/C4H14N3OP/c1-3-4(2)7-9(5,6)8/h4H,3H2,1-2H3,(H5,5,6,7,8). The van der Waals surface area contributed by atoms with Gasteiger partial charge in [-0.1, -0.05) is 6.92 Å². The Kier molecular flexibility index (Phi) is 3.36. The Bertz CT molecular complexity index is 121. The highest BCUT2D eigenvalue weighted by atomic mass is 31.2. The molecule has 0 aromatic carbocycles. The monoisotopic (exact) mass is 151 g/mol. The minimum Gasteiger partial charge on any atom is -0.271 e. The Morgan fingerprint density at radius 1 is 1.67 bits per heavy atom. The first-order valence-corrected chi connectivity index (χ1v) is 4.75. The molecule has 1 unspecified atom stereocenters. The van der Waals surface area contributed by atoms with Gasteiger partial charge in [0, 0.05) is 6.04 Å². The molecule has 0 spiro atoms. The van der Waals surface area contributed by atoms with Crippen LogP contribution in [-0.4, -0.2) is 6.04 Å². The molecule has 0 heterocycles. The van der Waals surface area contributed by atoms with Crippen molar-refractivity contribution in [3.05, 3.63) is 0 Å². The zero-order valence-electron chi connectivity index (χ0n) is 5.79. The molecular weight excluding hydrogens is 137 g/mol. The van der Waals surface area contributed by atoms with E-state index < -0.39 is 7.59 Å². The van der Waals surface area contributed by atoms with Crippen LogP contribution in [0.5, 0.6) is 0 Å². The highest BCUT2D eigenvalue weighted by Gasteiger charge is 2.09. The van der Waals surface area contributed by atoms with Gasteiger partial charge >= 0.3 is 0 Å². The topological polar surface area (TPSA) is 81.1 Å². The summed E-state index contributed by atoms with van der Waals surface area (Å²) in [6, 6.07) is 0.130. The number of nitrogens with two attached hydrogens (primary N) is 2. The molecular formula is C4H14N3OP. The summed E-state index contributed by atoms with van der Waals surface area (Å²) >= 11 is 0. The van der Waals surface area contributed by atoms with Gasteiger partial charge in [-0.15, -0.1) is 0 Å². The molecule has 56 valence electrons. The molecule has 0 aromatic heterocycles. The quantitative estimate of drug-likeness (QED) is 0.510. The predicted molar refractivity (Wildman–Crippen MR) is 38.9 cm³/mol. The lowest BCUT2D eigenvalue weighted by Crippen LogP contribution is -2.29. The van der Waals surface area contributed by atoms with E-state index in [1.807, 2.05) is 13.8 Å². The van der Waals surface area contributed by atoms with E-state index in [0.29, 0.717) is 0 Å². The van der Waals surface area contributed by atoms with Gasteiger partial charge in [0.05, 0.1) is 0 Å². The smallest absolute Gasteiger partial charge is 0.271 e. The van der Waals surface area contributed by atoms with Crippen molar-refractivity contribution in [2.45, 2.75) is 26.3 Å². The van der Waals surface area contributed by atoms with Gasteiger partial charge in [-0.3, -0.25) is 15.6 Å². The molecule has 5 N–H and O–H groups in total. The lowest BCUT2D eigenvalue weighted by Gasteiger charge is -2.13. The van der Waals surface area contributed by atoms with E-state index in [1.54, 1.807) is 0 Å². The van der Waals surface area contributed by atoms with Gasteiger partial charge in [0.1, 0.15) is 0 Å². The van der Waals surface area contributed by atoms with E-state index in [4.69, 9.17) is 11.0 Å². The second-order valence-corrected chi connectivity index (χ2v) is 3.82. The molecule has 0 aliphatic heterocycles. The van der Waals surface area contributed by atoms with Crippen LogP contribution in [0.3, 0.4) is 0 Å². The molecule has 4 nitrogen and oxygen atoms in total. The number of hydrogen-bond acceptors (Lipinski definition) is 1. The maximum absolute atomic E-state index is 10.6. The largest absolute Gasteiger partial charge is 0.274 e. The van der Waals surface area contributed by atoms with E-state index in [-0.39, 0.29) is 6.04 Å². The van der Waals surface area contributed by atoms with Gasteiger partial charge in [0.2, 0.25) is 0 Å². The van der Waals surface area contributed by atoms with Crippen molar-refractivity contribution in [1.29, 1.82) is 0 Å². The fourth-order valence-corrected chi connectivity index (χ4v) is 1.31. The second-order valence-electron chi connectivity index (χ2n) is 2.15. The normalized spacial score (nSPS) is 15.6. The number of nitrogens with one attached hydrogen (secondary N) is 1. The third-order valence-electron chi connectivity index (χ3n) is 1.03. The van der Waals surface area contributed by atoms with Crippen LogP contribution in [0.15, 0.2) is 0 Å². The maximum atomic E-state index is 10.6. The average Bonchev–Trinajstić information content (AvgIpc) is 1.62. The van der Waals surface area contributed by atoms with Crippen LogP contribution in [0.4, 0.5) is 0 Å². The van der Waals surface area contributed by atoms with Gasteiger partial charge in [-0.05, 0) is 13.3 Å². The molecule has 0 amide bonds. The molecule has 0 bridgehead atoms. The molecule has 5 heteroatoms. The highest BCUT2D eigenvalue weighted by Crippen LogP contribution is 2.18. The Balaban J connectivity index is 3.60. The Labute approximate surface area is 55.5 Å². The van der Waals surface area contributed by atoms with Gasteiger partial charge in [0.25, 0.3) is 7.59 Å². The Morgan fingerprint density at radius 3 is 2.22 bits per heavy atom. The molecule has 0 saturated carbocycles. The molecule has 0 aromatic rings. The van der Waals surface area contributed by atoms with Crippen molar-refractivity contribution in [1.82, 2.24) is 5.09 Å². The van der Waals surface area contributed by atoms with Crippen LogP contribution in [0.25, 0.3) is 0 Å². The van der Waals surface area contributed by atoms with E-state index >= 15 is 0 Å². The fraction of sp³-hybridized carbons (Fsp3) is 1.00. The van der Waals surface area contributed by atoms with Crippen LogP contribution in [0.1, 0.15) is 20.3 Å². The van der Waals surface area contributed by atoms with E-state index in [0.717, 1.165) is 6.42 Å². The summed E-state index contributed by atoms with van der Waals surface area (Å²) in [7, 11) is -2.99. The second kappa shape index (κ2) is 3.32. The summed E-state index contributed by atoms with van der Waals surface area (Å²) in [5.74, 6) is 0. The highest BCUT2D eigenvalue weighted by molar-refractivity contribution is 7.56. The molecule has 0 rings (SSSR count). The number of rotatable bonds is 3.